The van der Waals surface area contributed by atoms with E-state index >= 15 is 0 Å². The Labute approximate surface area is 368 Å². The average molecular weight is 827 g/mol. The molecule has 4 heteroatoms. The molecule has 12 aromatic rings. The van der Waals surface area contributed by atoms with Gasteiger partial charge in [-0.3, -0.25) is 0 Å². The molecule has 12 rings (SSSR count). The lowest BCUT2D eigenvalue weighted by Gasteiger charge is -2.25. The number of aromatic nitrogens is 2. The quantitative estimate of drug-likeness (QED) is 0.156. The monoisotopic (exact) mass is 826 g/mol. The first-order valence-electron chi connectivity index (χ1n) is 21.1. The SMILES string of the molecule is Cc1ccc2sc(-c3ccc(-c4c5ccccc5c(-c5ccc(-c6nc7ccc(C)cc7s6)cc5)c5c(-c6ccccc6)c6ccccc6c(-c6ccccc6)c45)cc3)nc2c1. The molecule has 0 fully saturated rings. The van der Waals surface area contributed by atoms with Crippen molar-refractivity contribution in [2.75, 3.05) is 0 Å². The van der Waals surface area contributed by atoms with E-state index in [1.807, 2.05) is 0 Å². The number of nitrogens with zero attached hydrogens (tertiary/aromatic N) is 2. The fourth-order valence-corrected chi connectivity index (χ4v) is 11.4. The van der Waals surface area contributed by atoms with Gasteiger partial charge in [-0.25, -0.2) is 9.97 Å². The largest absolute Gasteiger partial charge is 0.236 e. The van der Waals surface area contributed by atoms with Gasteiger partial charge in [-0.05, 0) is 126 Å². The summed E-state index contributed by atoms with van der Waals surface area (Å²) < 4.78 is 2.42. The zero-order valence-corrected chi connectivity index (χ0v) is 35.8. The summed E-state index contributed by atoms with van der Waals surface area (Å²) in [6.07, 6.45) is 0. The Morgan fingerprint density at radius 3 is 1.16 bits per heavy atom. The molecule has 2 aromatic heterocycles. The highest BCUT2D eigenvalue weighted by molar-refractivity contribution is 7.22. The maximum atomic E-state index is 5.08. The van der Waals surface area contributed by atoms with Crippen molar-refractivity contribution in [2.45, 2.75) is 13.8 Å². The summed E-state index contributed by atoms with van der Waals surface area (Å²) in [7, 11) is 0. The van der Waals surface area contributed by atoms with Crippen LogP contribution in [0.1, 0.15) is 11.1 Å². The predicted octanol–water partition coefficient (Wildman–Crippen LogP) is 17.0. The maximum Gasteiger partial charge on any atom is 0.124 e. The molecule has 2 heterocycles. The van der Waals surface area contributed by atoms with Crippen molar-refractivity contribution in [3.8, 4) is 65.6 Å². The normalized spacial score (nSPS) is 11.7. The van der Waals surface area contributed by atoms with Crippen molar-refractivity contribution in [1.29, 1.82) is 0 Å². The lowest BCUT2D eigenvalue weighted by atomic mass is 9.77. The third-order valence-corrected chi connectivity index (χ3v) is 14.4. The third kappa shape index (κ3) is 6.06. The topological polar surface area (TPSA) is 25.8 Å². The Morgan fingerprint density at radius 2 is 0.677 bits per heavy atom. The smallest absolute Gasteiger partial charge is 0.124 e. The molecule has 10 aromatic carbocycles. The van der Waals surface area contributed by atoms with Gasteiger partial charge < -0.3 is 0 Å². The summed E-state index contributed by atoms with van der Waals surface area (Å²) >= 11 is 3.51. The molecule has 0 bridgehead atoms. The summed E-state index contributed by atoms with van der Waals surface area (Å²) in [4.78, 5) is 10.1. The van der Waals surface area contributed by atoms with Crippen LogP contribution >= 0.6 is 22.7 Å². The summed E-state index contributed by atoms with van der Waals surface area (Å²) in [5.41, 5.74) is 16.5. The van der Waals surface area contributed by atoms with Crippen LogP contribution in [-0.4, -0.2) is 9.97 Å². The van der Waals surface area contributed by atoms with Crippen LogP contribution in [0, 0.1) is 13.8 Å². The fourth-order valence-electron chi connectivity index (χ4n) is 9.41. The van der Waals surface area contributed by atoms with Crippen molar-refractivity contribution in [2.24, 2.45) is 0 Å². The van der Waals surface area contributed by atoms with E-state index in [1.165, 1.54) is 97.4 Å². The minimum Gasteiger partial charge on any atom is -0.236 e. The summed E-state index contributed by atoms with van der Waals surface area (Å²) in [5.74, 6) is 0. The van der Waals surface area contributed by atoms with Crippen LogP contribution in [0.4, 0.5) is 0 Å². The van der Waals surface area contributed by atoms with Gasteiger partial charge in [0.05, 0.1) is 20.4 Å². The molecule has 0 aliphatic carbocycles. The highest BCUT2D eigenvalue weighted by Gasteiger charge is 2.26. The van der Waals surface area contributed by atoms with Gasteiger partial charge in [0.15, 0.2) is 0 Å². The Morgan fingerprint density at radius 1 is 0.306 bits per heavy atom. The molecule has 0 amide bonds. The molecule has 0 saturated heterocycles. The molecule has 2 nitrogen and oxygen atoms in total. The van der Waals surface area contributed by atoms with E-state index < -0.39 is 0 Å². The molecular weight excluding hydrogens is 789 g/mol. The summed E-state index contributed by atoms with van der Waals surface area (Å²) in [5, 5.41) is 9.46. The summed E-state index contributed by atoms with van der Waals surface area (Å²) in [6, 6.07) is 71.4. The number of thiazole rings is 2. The van der Waals surface area contributed by atoms with Crippen LogP contribution in [0.5, 0.6) is 0 Å². The van der Waals surface area contributed by atoms with Crippen LogP contribution in [0.25, 0.3) is 118 Å². The number of aryl methyl sites for hydroxylation is 2. The molecule has 0 spiro atoms. The van der Waals surface area contributed by atoms with Gasteiger partial charge in [0, 0.05) is 11.1 Å². The Kier molecular flexibility index (Phi) is 8.70. The fraction of sp³-hybridized carbons (Fsp3) is 0.0345. The first-order valence-corrected chi connectivity index (χ1v) is 22.7. The molecule has 0 unspecified atom stereocenters. The lowest BCUT2D eigenvalue weighted by Crippen LogP contribution is -1.97. The number of benzene rings is 10. The first kappa shape index (κ1) is 36.6. The molecule has 62 heavy (non-hydrogen) atoms. The number of hydrogen-bond donors (Lipinski definition) is 0. The van der Waals surface area contributed by atoms with Gasteiger partial charge in [0.2, 0.25) is 0 Å². The molecule has 292 valence electrons. The summed E-state index contributed by atoms with van der Waals surface area (Å²) in [6.45, 7) is 4.27. The lowest BCUT2D eigenvalue weighted by molar-refractivity contribution is 1.44. The van der Waals surface area contributed by atoms with Crippen LogP contribution in [-0.2, 0) is 0 Å². The van der Waals surface area contributed by atoms with E-state index in [0.29, 0.717) is 0 Å². The minimum absolute atomic E-state index is 1.04. The molecule has 0 radical (unpaired) electrons. The van der Waals surface area contributed by atoms with E-state index in [0.717, 1.165) is 32.2 Å². The zero-order valence-electron chi connectivity index (χ0n) is 34.2. The minimum atomic E-state index is 1.04. The molecule has 0 N–H and O–H groups in total. The van der Waals surface area contributed by atoms with Crippen LogP contribution in [0.15, 0.2) is 194 Å². The Hall–Kier alpha value is -7.24. The molecule has 0 saturated carbocycles. The van der Waals surface area contributed by atoms with Crippen LogP contribution < -0.4 is 0 Å². The van der Waals surface area contributed by atoms with E-state index in [1.54, 1.807) is 22.7 Å². The second-order valence-electron chi connectivity index (χ2n) is 16.2. The molecular formula is C58H38N2S2. The zero-order chi connectivity index (χ0) is 41.3. The van der Waals surface area contributed by atoms with Gasteiger partial charge in [0.25, 0.3) is 0 Å². The van der Waals surface area contributed by atoms with Gasteiger partial charge in [0.1, 0.15) is 10.0 Å². The van der Waals surface area contributed by atoms with E-state index in [2.05, 4.69) is 208 Å². The van der Waals surface area contributed by atoms with Gasteiger partial charge in [-0.1, -0.05) is 170 Å². The van der Waals surface area contributed by atoms with Crippen molar-refractivity contribution in [3.63, 3.8) is 0 Å². The highest BCUT2D eigenvalue weighted by Crippen LogP contribution is 2.54. The van der Waals surface area contributed by atoms with Crippen LogP contribution in [0.3, 0.4) is 0 Å². The standard InChI is InChI=1S/C58H38N2S2/c1-35-22-32-49-48(33-35)60-58(61-49)42-29-25-40(26-30-42)54-46-20-12-11-19-45(46)53(39-23-27-41(28-24-39)57-59-47-31-21-36(2)34-50(47)62-57)55-51(37-13-5-3-6-14-37)43-17-9-10-18-44(43)52(56(54)55)38-15-7-4-8-16-38/h3-34H,1-2H3. The Bertz CT molecular complexity index is 3430. The first-order chi connectivity index (χ1) is 30.6. The van der Waals surface area contributed by atoms with Gasteiger partial charge in [-0.15, -0.1) is 22.7 Å². The molecule has 0 aliphatic heterocycles. The molecule has 0 atom stereocenters. The maximum absolute atomic E-state index is 5.08. The van der Waals surface area contributed by atoms with Crippen molar-refractivity contribution in [1.82, 2.24) is 9.97 Å². The molecule has 0 aliphatic rings. The second-order valence-corrected chi connectivity index (χ2v) is 18.3. The second kappa shape index (κ2) is 14.7. The third-order valence-electron chi connectivity index (χ3n) is 12.2. The number of hydrogen-bond acceptors (Lipinski definition) is 4. The predicted molar refractivity (Wildman–Crippen MR) is 267 cm³/mol. The van der Waals surface area contributed by atoms with Gasteiger partial charge >= 0.3 is 0 Å². The number of rotatable bonds is 6. The van der Waals surface area contributed by atoms with Gasteiger partial charge in [-0.2, -0.15) is 0 Å². The van der Waals surface area contributed by atoms with Crippen molar-refractivity contribution in [3.05, 3.63) is 205 Å². The number of fused-ring (bicyclic) bond motifs is 5. The van der Waals surface area contributed by atoms with E-state index in [-0.39, 0.29) is 0 Å². The van der Waals surface area contributed by atoms with E-state index in [9.17, 15) is 0 Å². The average Bonchev–Trinajstić information content (AvgIpc) is 3.95. The van der Waals surface area contributed by atoms with Crippen LogP contribution in [0.2, 0.25) is 0 Å². The highest BCUT2D eigenvalue weighted by atomic mass is 32.1. The van der Waals surface area contributed by atoms with Crippen molar-refractivity contribution < 1.29 is 0 Å². The van der Waals surface area contributed by atoms with Crippen molar-refractivity contribution >= 4 is 75.4 Å². The Balaban J connectivity index is 1.19. The van der Waals surface area contributed by atoms with E-state index in [4.69, 9.17) is 9.97 Å².